The van der Waals surface area contributed by atoms with Crippen molar-refractivity contribution in [1.82, 2.24) is 0 Å². The lowest BCUT2D eigenvalue weighted by atomic mass is 9.99. The van der Waals surface area contributed by atoms with Crippen molar-refractivity contribution in [3.8, 4) is 5.75 Å². The summed E-state index contributed by atoms with van der Waals surface area (Å²) in [5, 5.41) is 9.23. The van der Waals surface area contributed by atoms with E-state index in [0.717, 1.165) is 22.6 Å². The van der Waals surface area contributed by atoms with Crippen LogP contribution >= 0.6 is 0 Å². The molecule has 4 heteroatoms. The molecule has 0 amide bonds. The summed E-state index contributed by atoms with van der Waals surface area (Å²) in [5.41, 5.74) is 1.94. The molecular formula is C19H19NO3. The lowest BCUT2D eigenvalue weighted by molar-refractivity contribution is -0.142. The molecule has 118 valence electrons. The van der Waals surface area contributed by atoms with Crippen molar-refractivity contribution in [2.75, 3.05) is 0 Å². The largest absolute Gasteiger partial charge is 0.489 e. The van der Waals surface area contributed by atoms with Crippen LogP contribution in [0.2, 0.25) is 0 Å². The molecule has 23 heavy (non-hydrogen) atoms. The summed E-state index contributed by atoms with van der Waals surface area (Å²) in [6.45, 7) is 2.19. The van der Waals surface area contributed by atoms with Crippen molar-refractivity contribution >= 4 is 11.7 Å². The first-order valence-corrected chi connectivity index (χ1v) is 7.66. The van der Waals surface area contributed by atoms with Gasteiger partial charge in [0, 0.05) is 5.71 Å². The average molecular weight is 309 g/mol. The van der Waals surface area contributed by atoms with E-state index in [0.29, 0.717) is 19.4 Å². The third kappa shape index (κ3) is 3.42. The molecule has 0 radical (unpaired) electrons. The van der Waals surface area contributed by atoms with Crippen LogP contribution in [0.4, 0.5) is 0 Å². The average Bonchev–Trinajstić information content (AvgIpc) is 2.98. The molecule has 1 aliphatic rings. The zero-order valence-corrected chi connectivity index (χ0v) is 13.0. The Hall–Kier alpha value is -2.62. The van der Waals surface area contributed by atoms with Crippen molar-refractivity contribution in [2.24, 2.45) is 4.99 Å². The minimum atomic E-state index is -0.988. The monoisotopic (exact) mass is 309 g/mol. The number of carboxylic acids is 1. The fraction of sp³-hybridized carbons (Fsp3) is 0.263. The fourth-order valence-electron chi connectivity index (χ4n) is 2.62. The third-order valence-corrected chi connectivity index (χ3v) is 4.13. The van der Waals surface area contributed by atoms with Gasteiger partial charge in [-0.15, -0.1) is 0 Å². The van der Waals surface area contributed by atoms with Gasteiger partial charge in [0.15, 0.2) is 5.54 Å². The topological polar surface area (TPSA) is 58.9 Å². The Morgan fingerprint density at radius 1 is 1.17 bits per heavy atom. The molecule has 0 aliphatic carbocycles. The van der Waals surface area contributed by atoms with Gasteiger partial charge in [-0.1, -0.05) is 30.3 Å². The summed E-state index contributed by atoms with van der Waals surface area (Å²) >= 11 is 0. The molecule has 2 aromatic rings. The van der Waals surface area contributed by atoms with E-state index < -0.39 is 11.5 Å². The predicted octanol–water partition coefficient (Wildman–Crippen LogP) is 3.69. The maximum Gasteiger partial charge on any atom is 0.331 e. The molecule has 1 atom stereocenters. The van der Waals surface area contributed by atoms with E-state index in [9.17, 15) is 9.90 Å². The number of hydrogen-bond acceptors (Lipinski definition) is 3. The molecule has 1 N–H and O–H groups in total. The van der Waals surface area contributed by atoms with Crippen molar-refractivity contribution in [1.29, 1.82) is 0 Å². The Kier molecular flexibility index (Phi) is 4.15. The summed E-state index contributed by atoms with van der Waals surface area (Å²) in [6, 6.07) is 17.7. The minimum absolute atomic E-state index is 0.526. The first-order chi connectivity index (χ1) is 11.1. The normalized spacial score (nSPS) is 20.1. The van der Waals surface area contributed by atoms with Crippen molar-refractivity contribution in [3.63, 3.8) is 0 Å². The maximum atomic E-state index is 11.2. The molecule has 0 aromatic heterocycles. The van der Waals surface area contributed by atoms with Crippen molar-refractivity contribution in [3.05, 3.63) is 65.7 Å². The molecule has 2 aromatic carbocycles. The number of carbonyl (C=O) groups is 1. The molecule has 1 heterocycles. The van der Waals surface area contributed by atoms with Crippen LogP contribution in [-0.4, -0.2) is 22.3 Å². The van der Waals surface area contributed by atoms with Crippen LogP contribution in [0.1, 0.15) is 30.9 Å². The van der Waals surface area contributed by atoms with Gasteiger partial charge in [0.05, 0.1) is 0 Å². The second kappa shape index (κ2) is 6.24. The van der Waals surface area contributed by atoms with Crippen molar-refractivity contribution in [2.45, 2.75) is 31.9 Å². The number of rotatable bonds is 5. The first kappa shape index (κ1) is 15.3. The number of nitrogens with zero attached hydrogens (tertiary/aromatic N) is 1. The summed E-state index contributed by atoms with van der Waals surface area (Å²) in [7, 11) is 0. The number of hydrogen-bond donors (Lipinski definition) is 1. The SMILES string of the molecule is C[C@]1(C(=O)O)CCC(c2ccc(OCc3ccccc3)cc2)=N1. The van der Waals surface area contributed by atoms with E-state index in [1.54, 1.807) is 6.92 Å². The van der Waals surface area contributed by atoms with E-state index in [1.807, 2.05) is 54.6 Å². The molecule has 0 bridgehead atoms. The van der Waals surface area contributed by atoms with Gasteiger partial charge < -0.3 is 9.84 Å². The standard InChI is InChI=1S/C19H19NO3/c1-19(18(21)22)12-11-17(20-19)15-7-9-16(10-8-15)23-13-14-5-3-2-4-6-14/h2-10H,11-13H2,1H3,(H,21,22)/t19-/m1/s1. The highest BCUT2D eigenvalue weighted by Crippen LogP contribution is 2.29. The maximum absolute atomic E-state index is 11.2. The molecule has 3 rings (SSSR count). The van der Waals surface area contributed by atoms with Gasteiger partial charge >= 0.3 is 5.97 Å². The number of carboxylic acid groups (broad SMARTS) is 1. The molecule has 1 aliphatic heterocycles. The van der Waals surface area contributed by atoms with Crippen LogP contribution in [-0.2, 0) is 11.4 Å². The summed E-state index contributed by atoms with van der Waals surface area (Å²) in [4.78, 5) is 15.6. The van der Waals surface area contributed by atoms with Crippen molar-refractivity contribution < 1.29 is 14.6 Å². The van der Waals surface area contributed by atoms with E-state index in [4.69, 9.17) is 4.74 Å². The van der Waals surface area contributed by atoms with Crippen LogP contribution < -0.4 is 4.74 Å². The number of ether oxygens (including phenoxy) is 1. The second-order valence-electron chi connectivity index (χ2n) is 5.94. The van der Waals surface area contributed by atoms with Gasteiger partial charge in [-0.3, -0.25) is 4.99 Å². The molecule has 0 spiro atoms. The zero-order chi connectivity index (χ0) is 16.3. The first-order valence-electron chi connectivity index (χ1n) is 7.66. The van der Waals surface area contributed by atoms with Crippen LogP contribution in [0.3, 0.4) is 0 Å². The van der Waals surface area contributed by atoms with Gasteiger partial charge in [-0.05, 0) is 55.2 Å². The minimum Gasteiger partial charge on any atom is -0.489 e. The van der Waals surface area contributed by atoms with Gasteiger partial charge in [0.1, 0.15) is 12.4 Å². The number of benzene rings is 2. The molecule has 0 saturated carbocycles. The predicted molar refractivity (Wildman–Crippen MR) is 89.0 cm³/mol. The van der Waals surface area contributed by atoms with Crippen LogP contribution in [0, 0.1) is 0 Å². The van der Waals surface area contributed by atoms with E-state index in [-0.39, 0.29) is 0 Å². The highest BCUT2D eigenvalue weighted by Gasteiger charge is 2.37. The van der Waals surface area contributed by atoms with Gasteiger partial charge in [0.25, 0.3) is 0 Å². The highest BCUT2D eigenvalue weighted by atomic mass is 16.5. The Bertz CT molecular complexity index is 722. The Morgan fingerprint density at radius 3 is 2.48 bits per heavy atom. The third-order valence-electron chi connectivity index (χ3n) is 4.13. The second-order valence-corrected chi connectivity index (χ2v) is 5.94. The smallest absolute Gasteiger partial charge is 0.331 e. The van der Waals surface area contributed by atoms with Gasteiger partial charge in [-0.25, -0.2) is 4.79 Å². The Labute approximate surface area is 135 Å². The summed E-state index contributed by atoms with van der Waals surface area (Å²) < 4.78 is 5.75. The molecule has 4 nitrogen and oxygen atoms in total. The molecule has 0 unspecified atom stereocenters. The van der Waals surface area contributed by atoms with E-state index in [1.165, 1.54) is 0 Å². The van der Waals surface area contributed by atoms with Gasteiger partial charge in [0.2, 0.25) is 0 Å². The van der Waals surface area contributed by atoms with E-state index >= 15 is 0 Å². The fourth-order valence-corrected chi connectivity index (χ4v) is 2.62. The van der Waals surface area contributed by atoms with Crippen LogP contribution in [0.5, 0.6) is 5.75 Å². The Morgan fingerprint density at radius 2 is 1.87 bits per heavy atom. The molecule has 0 saturated heterocycles. The number of aliphatic imine (C=N–C) groups is 1. The van der Waals surface area contributed by atoms with Gasteiger partial charge in [-0.2, -0.15) is 0 Å². The van der Waals surface area contributed by atoms with E-state index in [2.05, 4.69) is 4.99 Å². The summed E-state index contributed by atoms with van der Waals surface area (Å²) in [6.07, 6.45) is 1.23. The van der Waals surface area contributed by atoms with Crippen LogP contribution in [0.15, 0.2) is 59.6 Å². The summed E-state index contributed by atoms with van der Waals surface area (Å²) in [5.74, 6) is -0.0764. The Balaban J connectivity index is 1.67. The number of aliphatic carboxylic acids is 1. The zero-order valence-electron chi connectivity index (χ0n) is 13.0. The quantitative estimate of drug-likeness (QED) is 0.916. The highest BCUT2D eigenvalue weighted by molar-refractivity contribution is 6.04. The molecule has 0 fully saturated rings. The van der Waals surface area contributed by atoms with Crippen LogP contribution in [0.25, 0.3) is 0 Å². The lowest BCUT2D eigenvalue weighted by Crippen LogP contribution is -2.30. The lowest BCUT2D eigenvalue weighted by Gasteiger charge is -2.12. The molecular weight excluding hydrogens is 290 g/mol.